The third kappa shape index (κ3) is 16.0. The summed E-state index contributed by atoms with van der Waals surface area (Å²) in [6.45, 7) is 4.43. The molecule has 0 heterocycles. The molecule has 0 aromatic carbocycles. The summed E-state index contributed by atoms with van der Waals surface area (Å²) in [5, 5.41) is 0. The summed E-state index contributed by atoms with van der Waals surface area (Å²) >= 11 is 0. The largest absolute Gasteiger partial charge is 0.299 e. The minimum absolute atomic E-state index is 0.0563. The van der Waals surface area contributed by atoms with Crippen molar-refractivity contribution in [2.45, 2.75) is 129 Å². The number of unbranched alkanes of at least 4 members (excludes halogenated alkanes) is 14. The average molecular weight is 395 g/mol. The van der Waals surface area contributed by atoms with Gasteiger partial charge < -0.3 is 0 Å². The molecule has 0 saturated carbocycles. The molecule has 0 aliphatic heterocycles. The van der Waals surface area contributed by atoms with Gasteiger partial charge in [0.2, 0.25) is 5.50 Å². The zero-order valence-corrected chi connectivity index (χ0v) is 18.1. The van der Waals surface area contributed by atoms with Gasteiger partial charge in [-0.2, -0.15) is 8.42 Å². The fourth-order valence-corrected chi connectivity index (χ4v) is 4.02. The van der Waals surface area contributed by atoms with Gasteiger partial charge in [-0.15, -0.1) is 0 Å². The highest BCUT2D eigenvalue weighted by molar-refractivity contribution is 7.87. The number of alkyl halides is 1. The van der Waals surface area contributed by atoms with Crippen molar-refractivity contribution in [2.24, 2.45) is 0 Å². The van der Waals surface area contributed by atoms with Gasteiger partial charge in [0, 0.05) is 0 Å². The standard InChI is InChI=1S/C21H43FO3S/c1-3-5-7-9-10-11-12-13-14-15-16-18-20-25-26(23,24)21(22)19-17-8-6-4-2/h21H,3-20H2,1-2H3. The molecule has 0 spiro atoms. The molecular formula is C21H43FO3S. The van der Waals surface area contributed by atoms with Crippen molar-refractivity contribution < 1.29 is 17.0 Å². The molecule has 0 aromatic rings. The van der Waals surface area contributed by atoms with Gasteiger partial charge in [-0.25, -0.2) is 4.39 Å². The van der Waals surface area contributed by atoms with Gasteiger partial charge in [-0.1, -0.05) is 104 Å². The van der Waals surface area contributed by atoms with Crippen molar-refractivity contribution in [3.8, 4) is 0 Å². The molecule has 0 aliphatic carbocycles. The molecule has 158 valence electrons. The molecule has 3 nitrogen and oxygen atoms in total. The Morgan fingerprint density at radius 2 is 1.04 bits per heavy atom. The van der Waals surface area contributed by atoms with Crippen molar-refractivity contribution >= 4 is 10.1 Å². The summed E-state index contributed by atoms with van der Waals surface area (Å²) < 4.78 is 42.0. The predicted octanol–water partition coefficient (Wildman–Crippen LogP) is 7.30. The Kier molecular flexibility index (Phi) is 18.1. The first-order valence-electron chi connectivity index (χ1n) is 11.1. The van der Waals surface area contributed by atoms with Gasteiger partial charge in [0.25, 0.3) is 10.1 Å². The Balaban J connectivity index is 3.44. The second-order valence-corrected chi connectivity index (χ2v) is 9.20. The molecule has 0 aromatic heterocycles. The quantitative estimate of drug-likeness (QED) is 0.161. The Morgan fingerprint density at radius 1 is 0.654 bits per heavy atom. The molecule has 0 aliphatic rings. The minimum Gasteiger partial charge on any atom is -0.268 e. The molecule has 26 heavy (non-hydrogen) atoms. The van der Waals surface area contributed by atoms with Crippen LogP contribution in [0, 0.1) is 0 Å². The number of halogens is 1. The van der Waals surface area contributed by atoms with E-state index >= 15 is 0 Å². The van der Waals surface area contributed by atoms with Crippen molar-refractivity contribution in [2.75, 3.05) is 6.61 Å². The Labute approximate surface area is 162 Å². The number of hydrogen-bond acceptors (Lipinski definition) is 3. The first-order chi connectivity index (χ1) is 12.5. The summed E-state index contributed by atoms with van der Waals surface area (Å²) in [7, 11) is -4.03. The van der Waals surface area contributed by atoms with Crippen LogP contribution in [0.5, 0.6) is 0 Å². The Morgan fingerprint density at radius 3 is 1.50 bits per heavy atom. The van der Waals surface area contributed by atoms with Gasteiger partial charge in [0.05, 0.1) is 6.61 Å². The van der Waals surface area contributed by atoms with Crippen LogP contribution < -0.4 is 0 Å². The zero-order chi connectivity index (χ0) is 19.5. The van der Waals surface area contributed by atoms with E-state index in [0.717, 1.165) is 32.1 Å². The van der Waals surface area contributed by atoms with E-state index < -0.39 is 15.6 Å². The van der Waals surface area contributed by atoms with Crippen LogP contribution in [0.1, 0.15) is 123 Å². The maximum absolute atomic E-state index is 13.7. The molecule has 0 amide bonds. The highest BCUT2D eigenvalue weighted by Gasteiger charge is 2.25. The second kappa shape index (κ2) is 18.2. The van der Waals surface area contributed by atoms with E-state index in [1.807, 2.05) is 0 Å². The van der Waals surface area contributed by atoms with Gasteiger partial charge in [0.15, 0.2) is 0 Å². The lowest BCUT2D eigenvalue weighted by Gasteiger charge is -2.10. The molecule has 0 bridgehead atoms. The summed E-state index contributed by atoms with van der Waals surface area (Å²) in [6, 6.07) is 0. The monoisotopic (exact) mass is 394 g/mol. The summed E-state index contributed by atoms with van der Waals surface area (Å²) in [5.74, 6) is 0. The molecule has 0 saturated heterocycles. The van der Waals surface area contributed by atoms with Crippen LogP contribution >= 0.6 is 0 Å². The normalized spacial score (nSPS) is 13.2. The molecule has 0 fully saturated rings. The lowest BCUT2D eigenvalue weighted by atomic mass is 10.1. The molecule has 0 radical (unpaired) electrons. The second-order valence-electron chi connectivity index (χ2n) is 7.46. The predicted molar refractivity (Wildman–Crippen MR) is 110 cm³/mol. The fourth-order valence-electron chi connectivity index (χ4n) is 3.07. The van der Waals surface area contributed by atoms with Gasteiger partial charge in [-0.05, 0) is 19.3 Å². The Bertz CT molecular complexity index is 385. The van der Waals surface area contributed by atoms with Crippen LogP contribution in [0.15, 0.2) is 0 Å². The smallest absolute Gasteiger partial charge is 0.268 e. The van der Waals surface area contributed by atoms with Crippen LogP contribution in [-0.2, 0) is 14.3 Å². The number of hydrogen-bond donors (Lipinski definition) is 0. The summed E-state index contributed by atoms with van der Waals surface area (Å²) in [5.41, 5.74) is -1.86. The molecular weight excluding hydrogens is 351 g/mol. The summed E-state index contributed by atoms with van der Waals surface area (Å²) in [4.78, 5) is 0. The summed E-state index contributed by atoms with van der Waals surface area (Å²) in [6.07, 6.45) is 18.2. The van der Waals surface area contributed by atoms with E-state index in [1.54, 1.807) is 0 Å². The molecule has 1 atom stereocenters. The van der Waals surface area contributed by atoms with Gasteiger partial charge >= 0.3 is 0 Å². The van der Waals surface area contributed by atoms with Crippen LogP contribution in [0.2, 0.25) is 0 Å². The van der Waals surface area contributed by atoms with Crippen LogP contribution in [0.4, 0.5) is 4.39 Å². The molecule has 0 rings (SSSR count). The first kappa shape index (κ1) is 25.8. The van der Waals surface area contributed by atoms with E-state index in [-0.39, 0.29) is 13.0 Å². The van der Waals surface area contributed by atoms with E-state index in [9.17, 15) is 12.8 Å². The minimum atomic E-state index is -4.03. The first-order valence-corrected chi connectivity index (χ1v) is 12.5. The maximum Gasteiger partial charge on any atom is 0.299 e. The topological polar surface area (TPSA) is 43.4 Å². The Hall–Kier alpha value is -0.160. The molecule has 1 unspecified atom stereocenters. The van der Waals surface area contributed by atoms with Crippen molar-refractivity contribution in [3.63, 3.8) is 0 Å². The highest BCUT2D eigenvalue weighted by atomic mass is 32.2. The van der Waals surface area contributed by atoms with E-state index in [1.165, 1.54) is 57.8 Å². The van der Waals surface area contributed by atoms with Crippen molar-refractivity contribution in [1.82, 2.24) is 0 Å². The van der Waals surface area contributed by atoms with E-state index in [4.69, 9.17) is 4.18 Å². The van der Waals surface area contributed by atoms with Crippen molar-refractivity contribution in [3.05, 3.63) is 0 Å². The van der Waals surface area contributed by atoms with Gasteiger partial charge in [0.1, 0.15) is 0 Å². The van der Waals surface area contributed by atoms with Crippen LogP contribution in [0.3, 0.4) is 0 Å². The third-order valence-electron chi connectivity index (χ3n) is 4.84. The fraction of sp³-hybridized carbons (Fsp3) is 1.00. The van der Waals surface area contributed by atoms with Crippen LogP contribution in [0.25, 0.3) is 0 Å². The SMILES string of the molecule is CCCCCCCCCCCCCCOS(=O)(=O)C(F)CCCCCC. The molecule has 5 heteroatoms. The van der Waals surface area contributed by atoms with Gasteiger partial charge in [-0.3, -0.25) is 4.18 Å². The lowest BCUT2D eigenvalue weighted by Crippen LogP contribution is -2.19. The highest BCUT2D eigenvalue weighted by Crippen LogP contribution is 2.16. The third-order valence-corrected chi connectivity index (χ3v) is 6.20. The lowest BCUT2D eigenvalue weighted by molar-refractivity contribution is 0.271. The maximum atomic E-state index is 13.7. The van der Waals surface area contributed by atoms with E-state index in [0.29, 0.717) is 12.8 Å². The van der Waals surface area contributed by atoms with Crippen molar-refractivity contribution in [1.29, 1.82) is 0 Å². The average Bonchev–Trinajstić information content (AvgIpc) is 2.62. The van der Waals surface area contributed by atoms with Crippen LogP contribution in [-0.4, -0.2) is 20.5 Å². The van der Waals surface area contributed by atoms with E-state index in [2.05, 4.69) is 13.8 Å². The zero-order valence-electron chi connectivity index (χ0n) is 17.3. The number of rotatable bonds is 20. The molecule has 0 N–H and O–H groups in total.